The van der Waals surface area contributed by atoms with Crippen LogP contribution in [-0.4, -0.2) is 23.3 Å². The van der Waals surface area contributed by atoms with Crippen LogP contribution in [0.4, 0.5) is 0 Å². The van der Waals surface area contributed by atoms with Gasteiger partial charge in [-0.15, -0.1) is 0 Å². The van der Waals surface area contributed by atoms with Gasteiger partial charge in [-0.2, -0.15) is 0 Å². The summed E-state index contributed by atoms with van der Waals surface area (Å²) >= 11 is 0. The van der Waals surface area contributed by atoms with Crippen LogP contribution in [0.1, 0.15) is 19.3 Å². The van der Waals surface area contributed by atoms with E-state index < -0.39 is 12.1 Å². The third-order valence-corrected chi connectivity index (χ3v) is 2.06. The normalized spacial score (nSPS) is 37.8. The van der Waals surface area contributed by atoms with Crippen molar-refractivity contribution in [1.29, 1.82) is 0 Å². The van der Waals surface area contributed by atoms with Crippen LogP contribution in [0.5, 0.6) is 0 Å². The summed E-state index contributed by atoms with van der Waals surface area (Å²) in [6.45, 7) is 0. The summed E-state index contributed by atoms with van der Waals surface area (Å²) in [7, 11) is 0. The fourth-order valence-corrected chi connectivity index (χ4v) is 1.41. The molecule has 0 saturated heterocycles. The van der Waals surface area contributed by atoms with Crippen LogP contribution in [0.3, 0.4) is 0 Å². The maximum atomic E-state index is 9.33. The monoisotopic (exact) mass is 156 g/mol. The molecular formula is C6H12N4O. The van der Waals surface area contributed by atoms with Gasteiger partial charge in [-0.3, -0.25) is 0 Å². The summed E-state index contributed by atoms with van der Waals surface area (Å²) in [5.74, 6) is 0. The predicted molar refractivity (Wildman–Crippen MR) is 40.8 cm³/mol. The molecule has 5 nitrogen and oxygen atoms in total. The van der Waals surface area contributed by atoms with Crippen LogP contribution in [0.25, 0.3) is 10.4 Å². The highest BCUT2D eigenvalue weighted by molar-refractivity contribution is 4.90. The Balaban J connectivity index is 2.62. The number of nitrogens with zero attached hydrogens (tertiary/aromatic N) is 3. The quantitative estimate of drug-likeness (QED) is 0.329. The van der Waals surface area contributed by atoms with Gasteiger partial charge in [0, 0.05) is 11.0 Å². The number of aliphatic hydroxyl groups is 1. The van der Waals surface area contributed by atoms with E-state index in [2.05, 4.69) is 10.0 Å². The van der Waals surface area contributed by atoms with Gasteiger partial charge in [-0.25, -0.2) is 0 Å². The molecule has 0 spiro atoms. The van der Waals surface area contributed by atoms with E-state index >= 15 is 0 Å². The zero-order valence-corrected chi connectivity index (χ0v) is 6.22. The van der Waals surface area contributed by atoms with Crippen molar-refractivity contribution in [1.82, 2.24) is 0 Å². The van der Waals surface area contributed by atoms with Crippen molar-refractivity contribution in [2.45, 2.75) is 37.5 Å². The topological polar surface area (TPSA) is 95.0 Å². The van der Waals surface area contributed by atoms with E-state index in [0.29, 0.717) is 6.42 Å². The molecule has 1 aliphatic rings. The number of rotatable bonds is 1. The lowest BCUT2D eigenvalue weighted by molar-refractivity contribution is 0.0978. The highest BCUT2D eigenvalue weighted by Gasteiger charge is 2.28. The second-order valence-corrected chi connectivity index (χ2v) is 2.86. The van der Waals surface area contributed by atoms with Gasteiger partial charge in [0.25, 0.3) is 0 Å². The van der Waals surface area contributed by atoms with Crippen molar-refractivity contribution in [3.63, 3.8) is 0 Å². The second kappa shape index (κ2) is 3.57. The Morgan fingerprint density at radius 2 is 2.27 bits per heavy atom. The van der Waals surface area contributed by atoms with Crippen molar-refractivity contribution >= 4 is 0 Å². The minimum Gasteiger partial charge on any atom is -0.393 e. The highest BCUT2D eigenvalue weighted by Crippen LogP contribution is 2.20. The van der Waals surface area contributed by atoms with E-state index in [9.17, 15) is 5.11 Å². The molecule has 3 N–H and O–H groups in total. The van der Waals surface area contributed by atoms with Crippen LogP contribution in [0, 0.1) is 0 Å². The smallest absolute Gasteiger partial charge is 0.0784 e. The predicted octanol–water partition coefficient (Wildman–Crippen LogP) is 0.537. The van der Waals surface area contributed by atoms with Crippen molar-refractivity contribution in [2.75, 3.05) is 0 Å². The molecule has 11 heavy (non-hydrogen) atoms. The molecule has 0 aromatic heterocycles. The number of azide groups is 1. The summed E-state index contributed by atoms with van der Waals surface area (Å²) in [4.78, 5) is 2.65. The Bertz CT molecular complexity index is 167. The van der Waals surface area contributed by atoms with Crippen LogP contribution in [-0.2, 0) is 0 Å². The summed E-state index contributed by atoms with van der Waals surface area (Å²) in [5.41, 5.74) is 13.8. The highest BCUT2D eigenvalue weighted by atomic mass is 16.3. The first-order valence-electron chi connectivity index (χ1n) is 3.73. The van der Waals surface area contributed by atoms with Gasteiger partial charge >= 0.3 is 0 Å². The Morgan fingerprint density at radius 3 is 2.82 bits per heavy atom. The van der Waals surface area contributed by atoms with Gasteiger partial charge in [0.05, 0.1) is 12.1 Å². The first-order valence-corrected chi connectivity index (χ1v) is 3.73. The van der Waals surface area contributed by atoms with E-state index in [4.69, 9.17) is 11.3 Å². The van der Waals surface area contributed by atoms with Crippen molar-refractivity contribution in [3.8, 4) is 0 Å². The Kier molecular flexibility index (Phi) is 2.70. The molecular weight excluding hydrogens is 144 g/mol. The lowest BCUT2D eigenvalue weighted by atomic mass is 9.89. The summed E-state index contributed by atoms with van der Waals surface area (Å²) in [6, 6.07) is -0.594. The minimum absolute atomic E-state index is 0.172. The van der Waals surface area contributed by atoms with Crippen molar-refractivity contribution < 1.29 is 5.11 Å². The van der Waals surface area contributed by atoms with Crippen LogP contribution in [0.2, 0.25) is 0 Å². The van der Waals surface area contributed by atoms with E-state index in [1.165, 1.54) is 0 Å². The maximum absolute atomic E-state index is 9.33. The van der Waals surface area contributed by atoms with E-state index in [1.54, 1.807) is 0 Å². The number of hydrogen-bond donors (Lipinski definition) is 2. The van der Waals surface area contributed by atoms with Crippen molar-refractivity contribution in [2.24, 2.45) is 10.8 Å². The molecule has 0 aromatic carbocycles. The lowest BCUT2D eigenvalue weighted by Crippen LogP contribution is -2.44. The zero-order valence-electron chi connectivity index (χ0n) is 6.22. The number of aliphatic hydroxyl groups excluding tert-OH is 1. The third kappa shape index (κ3) is 1.83. The second-order valence-electron chi connectivity index (χ2n) is 2.86. The Hall–Kier alpha value is -0.770. The first-order chi connectivity index (χ1) is 5.25. The first kappa shape index (κ1) is 8.33. The summed E-state index contributed by atoms with van der Waals surface area (Å²) in [6.07, 6.45) is 1.90. The summed E-state index contributed by atoms with van der Waals surface area (Å²) in [5, 5.41) is 12.8. The average Bonchev–Trinajstić information content (AvgIpc) is 1.97. The number of nitrogens with two attached hydrogens (primary N) is 1. The molecule has 0 aliphatic heterocycles. The molecule has 0 aromatic rings. The lowest BCUT2D eigenvalue weighted by Gasteiger charge is -2.29. The van der Waals surface area contributed by atoms with E-state index in [1.807, 2.05) is 0 Å². The fraction of sp³-hybridized carbons (Fsp3) is 1.00. The largest absolute Gasteiger partial charge is 0.393 e. The molecule has 5 heteroatoms. The number of hydrogen-bond acceptors (Lipinski definition) is 3. The molecule has 1 fully saturated rings. The van der Waals surface area contributed by atoms with Crippen molar-refractivity contribution in [3.05, 3.63) is 10.4 Å². The molecule has 3 atom stereocenters. The molecule has 1 saturated carbocycles. The maximum Gasteiger partial charge on any atom is 0.0784 e. The molecule has 0 radical (unpaired) electrons. The molecule has 0 heterocycles. The van der Waals surface area contributed by atoms with Crippen LogP contribution < -0.4 is 5.73 Å². The minimum atomic E-state index is -0.547. The van der Waals surface area contributed by atoms with Gasteiger partial charge in [-0.05, 0) is 24.8 Å². The molecule has 1 rings (SSSR count). The van der Waals surface area contributed by atoms with Crippen LogP contribution >= 0.6 is 0 Å². The standard InChI is InChI=1S/C6H12N4O/c7-4-2-1-3-5(11)6(4)9-10-8/h4-6,11H,1-3,7H2/t4-,5+,6-/m1/s1. The molecule has 1 aliphatic carbocycles. The van der Waals surface area contributed by atoms with Gasteiger partial charge in [0.15, 0.2) is 0 Å². The van der Waals surface area contributed by atoms with E-state index in [0.717, 1.165) is 12.8 Å². The zero-order chi connectivity index (χ0) is 8.27. The van der Waals surface area contributed by atoms with Gasteiger partial charge in [-0.1, -0.05) is 5.11 Å². The van der Waals surface area contributed by atoms with E-state index in [-0.39, 0.29) is 6.04 Å². The third-order valence-electron chi connectivity index (χ3n) is 2.06. The Morgan fingerprint density at radius 1 is 1.55 bits per heavy atom. The summed E-state index contributed by atoms with van der Waals surface area (Å²) < 4.78 is 0. The molecule has 0 bridgehead atoms. The average molecular weight is 156 g/mol. The molecule has 0 unspecified atom stereocenters. The Labute approximate surface area is 64.8 Å². The van der Waals surface area contributed by atoms with Crippen LogP contribution in [0.15, 0.2) is 5.11 Å². The van der Waals surface area contributed by atoms with Gasteiger partial charge in [0.2, 0.25) is 0 Å². The van der Waals surface area contributed by atoms with Gasteiger partial charge < -0.3 is 10.8 Å². The van der Waals surface area contributed by atoms with Gasteiger partial charge in [0.1, 0.15) is 0 Å². The SMILES string of the molecule is [N-]=[N+]=N[C@@H]1[C@H](N)CCC[C@@H]1O. The molecule has 0 amide bonds. The molecule has 62 valence electrons. The fourth-order valence-electron chi connectivity index (χ4n) is 1.41.